The van der Waals surface area contributed by atoms with E-state index in [4.69, 9.17) is 5.10 Å². The fraction of sp³-hybridized carbons (Fsp3) is 0.0303. The van der Waals surface area contributed by atoms with Crippen LogP contribution in [0.2, 0.25) is 0 Å². The lowest BCUT2D eigenvalue weighted by molar-refractivity contribution is -0.385. The summed E-state index contributed by atoms with van der Waals surface area (Å²) in [5, 5.41) is 35.1. The summed E-state index contributed by atoms with van der Waals surface area (Å²) in [5.74, 6) is 0. The molecule has 10 nitrogen and oxygen atoms in total. The Morgan fingerprint density at radius 1 is 0.644 bits per heavy atom. The van der Waals surface area contributed by atoms with Crippen LogP contribution in [-0.4, -0.2) is 29.8 Å². The minimum absolute atomic E-state index is 0.00216. The van der Waals surface area contributed by atoms with Crippen molar-refractivity contribution >= 4 is 65.0 Å². The van der Waals surface area contributed by atoms with E-state index in [1.54, 1.807) is 30.6 Å². The summed E-state index contributed by atoms with van der Waals surface area (Å²) in [5.41, 5.74) is 3.58. The molecule has 0 radical (unpaired) electrons. The van der Waals surface area contributed by atoms with Crippen LogP contribution in [0.4, 0.5) is 11.4 Å². The number of fused-ring (bicyclic) bond motifs is 2. The number of aromatic nitrogens is 4. The Morgan fingerprint density at radius 2 is 1.11 bits per heavy atom. The third-order valence-corrected chi connectivity index (χ3v) is 8.70. The molecule has 0 unspecified atom stereocenters. The van der Waals surface area contributed by atoms with Crippen LogP contribution in [0.3, 0.4) is 0 Å². The van der Waals surface area contributed by atoms with E-state index in [0.29, 0.717) is 20.0 Å². The summed E-state index contributed by atoms with van der Waals surface area (Å²) in [6.45, 7) is 0. The van der Waals surface area contributed by atoms with Crippen molar-refractivity contribution in [2.45, 2.75) is 5.54 Å². The standard InChI is InChI=1S/C26H18BrN3O2.C7H4BrN3O2/c27-23-16-19-18-28-29(24(19)17-25(23)30(31)32)26(20-10-4-1-5-11-20,21-12-6-2-7-13-21)22-14-8-3-9-15-22;8-5-1-4-3-9-10-6(4)2-7(5)11(12)13/h1-18H;1-3H,(H,9,10). The van der Waals surface area contributed by atoms with Crippen LogP contribution in [0.15, 0.2) is 137 Å². The second-order valence-corrected chi connectivity index (χ2v) is 11.7. The number of nitrogens with one attached hydrogen (secondary N) is 1. The molecule has 0 aliphatic carbocycles. The second kappa shape index (κ2) is 12.4. The van der Waals surface area contributed by atoms with Gasteiger partial charge in [0, 0.05) is 22.9 Å². The highest BCUT2D eigenvalue weighted by Gasteiger charge is 2.40. The van der Waals surface area contributed by atoms with Gasteiger partial charge >= 0.3 is 0 Å². The van der Waals surface area contributed by atoms with Gasteiger partial charge in [0.15, 0.2) is 0 Å². The van der Waals surface area contributed by atoms with Gasteiger partial charge in [0.1, 0.15) is 5.54 Å². The van der Waals surface area contributed by atoms with Crippen molar-refractivity contribution in [3.05, 3.63) is 174 Å². The van der Waals surface area contributed by atoms with E-state index in [1.807, 2.05) is 59.3 Å². The van der Waals surface area contributed by atoms with Crippen LogP contribution in [0.5, 0.6) is 0 Å². The highest BCUT2D eigenvalue weighted by molar-refractivity contribution is 9.11. The van der Waals surface area contributed by atoms with E-state index in [0.717, 1.165) is 27.5 Å². The predicted octanol–water partition coefficient (Wildman–Crippen LogP) is 8.78. The van der Waals surface area contributed by atoms with E-state index in [1.165, 1.54) is 6.07 Å². The number of hydrogen-bond acceptors (Lipinski definition) is 6. The van der Waals surface area contributed by atoms with Crippen molar-refractivity contribution < 1.29 is 9.85 Å². The van der Waals surface area contributed by atoms with Crippen LogP contribution in [-0.2, 0) is 5.54 Å². The molecule has 222 valence electrons. The lowest BCUT2D eigenvalue weighted by atomic mass is 9.77. The Hall–Kier alpha value is -5.20. The first-order chi connectivity index (χ1) is 21.8. The second-order valence-electron chi connectivity index (χ2n) is 10.0. The van der Waals surface area contributed by atoms with Gasteiger partial charge in [-0.2, -0.15) is 10.2 Å². The maximum absolute atomic E-state index is 11.7. The van der Waals surface area contributed by atoms with Crippen molar-refractivity contribution in [2.24, 2.45) is 0 Å². The first-order valence-electron chi connectivity index (χ1n) is 13.6. The van der Waals surface area contributed by atoms with Crippen LogP contribution < -0.4 is 0 Å². The van der Waals surface area contributed by atoms with Crippen molar-refractivity contribution in [3.63, 3.8) is 0 Å². The van der Waals surface area contributed by atoms with Gasteiger partial charge < -0.3 is 0 Å². The molecule has 0 saturated carbocycles. The van der Waals surface area contributed by atoms with Crippen LogP contribution in [0, 0.1) is 20.2 Å². The molecule has 0 bridgehead atoms. The number of benzene rings is 5. The number of hydrogen-bond donors (Lipinski definition) is 1. The van der Waals surface area contributed by atoms with Crippen molar-refractivity contribution in [2.75, 3.05) is 0 Å². The van der Waals surface area contributed by atoms with Gasteiger partial charge in [-0.15, -0.1) is 0 Å². The molecule has 45 heavy (non-hydrogen) atoms. The Labute approximate surface area is 272 Å². The van der Waals surface area contributed by atoms with E-state index in [9.17, 15) is 20.2 Å². The van der Waals surface area contributed by atoms with Crippen LogP contribution in [0.25, 0.3) is 21.8 Å². The molecule has 7 rings (SSSR count). The molecule has 0 atom stereocenters. The number of H-pyrrole nitrogens is 1. The van der Waals surface area contributed by atoms with Gasteiger partial charge in [-0.25, -0.2) is 4.68 Å². The number of nitro benzene ring substituents is 2. The summed E-state index contributed by atoms with van der Waals surface area (Å²) in [6.07, 6.45) is 3.37. The zero-order valence-electron chi connectivity index (χ0n) is 23.2. The topological polar surface area (TPSA) is 133 Å². The maximum Gasteiger partial charge on any atom is 0.285 e. The van der Waals surface area contributed by atoms with Gasteiger partial charge in [0.05, 0.1) is 42.2 Å². The molecule has 0 spiro atoms. The number of nitrogens with zero attached hydrogens (tertiary/aromatic N) is 5. The Morgan fingerprint density at radius 3 is 1.60 bits per heavy atom. The van der Waals surface area contributed by atoms with Gasteiger partial charge in [-0.1, -0.05) is 91.0 Å². The predicted molar refractivity (Wildman–Crippen MR) is 179 cm³/mol. The van der Waals surface area contributed by atoms with E-state index < -0.39 is 10.5 Å². The summed E-state index contributed by atoms with van der Waals surface area (Å²) >= 11 is 6.45. The highest BCUT2D eigenvalue weighted by atomic mass is 79.9. The number of rotatable bonds is 6. The molecule has 7 aromatic rings. The lowest BCUT2D eigenvalue weighted by Gasteiger charge is -2.37. The molecular formula is C33H22Br2N6O4. The van der Waals surface area contributed by atoms with Crippen LogP contribution >= 0.6 is 31.9 Å². The third kappa shape index (κ3) is 5.49. The Bertz CT molecular complexity index is 2060. The van der Waals surface area contributed by atoms with Crippen LogP contribution in [0.1, 0.15) is 16.7 Å². The zero-order valence-corrected chi connectivity index (χ0v) is 26.4. The molecule has 0 aliphatic heterocycles. The van der Waals surface area contributed by atoms with Crippen molar-refractivity contribution in [1.82, 2.24) is 20.0 Å². The molecule has 0 fully saturated rings. The van der Waals surface area contributed by atoms with Gasteiger partial charge in [0.25, 0.3) is 11.4 Å². The van der Waals surface area contributed by atoms with Crippen molar-refractivity contribution in [1.29, 1.82) is 0 Å². The fourth-order valence-corrected chi connectivity index (χ4v) is 6.45. The molecule has 2 aromatic heterocycles. The Kier molecular flexibility index (Phi) is 8.24. The largest absolute Gasteiger partial charge is 0.285 e. The third-order valence-electron chi connectivity index (χ3n) is 7.43. The summed E-state index contributed by atoms with van der Waals surface area (Å²) in [7, 11) is 0. The minimum Gasteiger partial charge on any atom is -0.278 e. The molecule has 5 aromatic carbocycles. The average Bonchev–Trinajstić information content (AvgIpc) is 3.69. The quantitative estimate of drug-likeness (QED) is 0.104. The molecule has 12 heteroatoms. The lowest BCUT2D eigenvalue weighted by Crippen LogP contribution is -2.38. The molecule has 1 N–H and O–H groups in total. The number of halogens is 2. The zero-order chi connectivity index (χ0) is 31.6. The molecule has 2 heterocycles. The summed E-state index contributed by atoms with van der Waals surface area (Å²) < 4.78 is 2.80. The van der Waals surface area contributed by atoms with E-state index in [2.05, 4.69) is 78.5 Å². The summed E-state index contributed by atoms with van der Waals surface area (Å²) in [6, 6.07) is 36.8. The normalized spacial score (nSPS) is 11.2. The van der Waals surface area contributed by atoms with Crippen molar-refractivity contribution in [3.8, 4) is 0 Å². The number of nitro groups is 2. The fourth-order valence-electron chi connectivity index (χ4n) is 5.44. The monoisotopic (exact) mass is 724 g/mol. The first kappa shape index (κ1) is 29.9. The first-order valence-corrected chi connectivity index (χ1v) is 15.1. The molecular weight excluding hydrogens is 704 g/mol. The summed E-state index contributed by atoms with van der Waals surface area (Å²) in [4.78, 5) is 21.4. The smallest absolute Gasteiger partial charge is 0.278 e. The highest BCUT2D eigenvalue weighted by Crippen LogP contribution is 2.43. The van der Waals surface area contributed by atoms with Gasteiger partial charge in [0.2, 0.25) is 0 Å². The van der Waals surface area contributed by atoms with E-state index in [-0.39, 0.29) is 16.3 Å². The van der Waals surface area contributed by atoms with Gasteiger partial charge in [-0.3, -0.25) is 25.3 Å². The van der Waals surface area contributed by atoms with E-state index >= 15 is 0 Å². The SMILES string of the molecule is O=[N+]([O-])c1cc2[nH]ncc2cc1Br.O=[N+]([O-])c1cc2c(cnn2C(c2ccccc2)(c2ccccc2)c2ccccc2)cc1Br. The Balaban J connectivity index is 0.000000229. The number of aromatic amines is 1. The molecule has 0 amide bonds. The maximum atomic E-state index is 11.7. The van der Waals surface area contributed by atoms with Gasteiger partial charge in [-0.05, 0) is 60.7 Å². The average molecular weight is 726 g/mol. The molecule has 0 aliphatic rings. The minimum atomic E-state index is -0.826. The molecule has 0 saturated heterocycles.